The van der Waals surface area contributed by atoms with Gasteiger partial charge in [0, 0.05) is 5.02 Å². The summed E-state index contributed by atoms with van der Waals surface area (Å²) in [5.41, 5.74) is 2.98. The number of aromatic nitrogens is 1. The van der Waals surface area contributed by atoms with E-state index in [9.17, 15) is 9.59 Å². The van der Waals surface area contributed by atoms with Crippen LogP contribution in [-0.2, 0) is 16.1 Å². The van der Waals surface area contributed by atoms with Gasteiger partial charge >= 0.3 is 5.97 Å². The second kappa shape index (κ2) is 14.0. The molecular weight excluding hydrogens is 600 g/mol. The summed E-state index contributed by atoms with van der Waals surface area (Å²) in [6.45, 7) is 8.75. The molecule has 0 unspecified atom stereocenters. The highest BCUT2D eigenvalue weighted by Crippen LogP contribution is 2.36. The monoisotopic (exact) mass is 632 g/mol. The van der Waals surface area contributed by atoms with Gasteiger partial charge in [-0.25, -0.2) is 9.79 Å². The van der Waals surface area contributed by atoms with Gasteiger partial charge in [0.1, 0.15) is 12.4 Å². The molecule has 10 heteroatoms. The summed E-state index contributed by atoms with van der Waals surface area (Å²) in [6, 6.07) is 19.7. The first kappa shape index (κ1) is 31.1. The van der Waals surface area contributed by atoms with E-state index >= 15 is 0 Å². The van der Waals surface area contributed by atoms with Gasteiger partial charge < -0.3 is 18.9 Å². The van der Waals surface area contributed by atoms with Crippen LogP contribution in [0, 0.1) is 0 Å². The third-order valence-corrected chi connectivity index (χ3v) is 8.11. The fourth-order valence-electron chi connectivity index (χ4n) is 4.94. The van der Waals surface area contributed by atoms with Crippen molar-refractivity contribution in [2.75, 3.05) is 19.8 Å². The molecule has 1 aliphatic rings. The highest BCUT2D eigenvalue weighted by atomic mass is 35.5. The number of hydrogen-bond donors (Lipinski definition) is 0. The Morgan fingerprint density at radius 1 is 0.955 bits per heavy atom. The van der Waals surface area contributed by atoms with Crippen LogP contribution in [0.5, 0.6) is 17.2 Å². The third kappa shape index (κ3) is 6.74. The predicted octanol–water partition coefficient (Wildman–Crippen LogP) is 5.83. The van der Waals surface area contributed by atoms with E-state index in [4.69, 9.17) is 30.5 Å². The van der Waals surface area contributed by atoms with Crippen molar-refractivity contribution < 1.29 is 23.7 Å². The number of allylic oxidation sites excluding steroid dienone is 1. The van der Waals surface area contributed by atoms with Crippen molar-refractivity contribution in [2.45, 2.75) is 40.3 Å². The van der Waals surface area contributed by atoms with Crippen LogP contribution in [-0.4, -0.2) is 30.4 Å². The Kier molecular flexibility index (Phi) is 9.87. The Morgan fingerprint density at radius 2 is 1.70 bits per heavy atom. The summed E-state index contributed by atoms with van der Waals surface area (Å²) in [4.78, 5) is 32.5. The minimum Gasteiger partial charge on any atom is -0.490 e. The summed E-state index contributed by atoms with van der Waals surface area (Å²) in [5, 5.41) is 0.668. The molecule has 1 aliphatic heterocycles. The first-order chi connectivity index (χ1) is 21.3. The van der Waals surface area contributed by atoms with Crippen molar-refractivity contribution >= 4 is 35.0 Å². The molecule has 5 rings (SSSR count). The van der Waals surface area contributed by atoms with Gasteiger partial charge in [-0.15, -0.1) is 0 Å². The van der Waals surface area contributed by atoms with E-state index in [0.29, 0.717) is 68.3 Å². The molecule has 0 fully saturated rings. The molecule has 0 spiro atoms. The normalized spacial score (nSPS) is 14.6. The quantitative estimate of drug-likeness (QED) is 0.193. The minimum atomic E-state index is -0.767. The Labute approximate surface area is 264 Å². The van der Waals surface area contributed by atoms with E-state index in [1.165, 1.54) is 11.3 Å². The van der Waals surface area contributed by atoms with Crippen LogP contribution in [0.1, 0.15) is 50.4 Å². The van der Waals surface area contributed by atoms with Crippen LogP contribution in [0.25, 0.3) is 6.08 Å². The van der Waals surface area contributed by atoms with Gasteiger partial charge in [-0.05, 0) is 86.9 Å². The molecule has 44 heavy (non-hydrogen) atoms. The van der Waals surface area contributed by atoms with Gasteiger partial charge in [0.2, 0.25) is 0 Å². The molecule has 0 aliphatic carbocycles. The number of benzene rings is 3. The second-order valence-corrected chi connectivity index (χ2v) is 11.3. The largest absolute Gasteiger partial charge is 0.490 e. The summed E-state index contributed by atoms with van der Waals surface area (Å²) in [6.07, 6.45) is 1.81. The van der Waals surface area contributed by atoms with Crippen LogP contribution >= 0.6 is 22.9 Å². The van der Waals surface area contributed by atoms with Crippen molar-refractivity contribution in [1.82, 2.24) is 4.57 Å². The molecule has 0 amide bonds. The third-order valence-electron chi connectivity index (χ3n) is 6.87. The van der Waals surface area contributed by atoms with Crippen molar-refractivity contribution in [3.63, 3.8) is 0 Å². The van der Waals surface area contributed by atoms with Crippen LogP contribution in [0.2, 0.25) is 5.02 Å². The fourth-order valence-corrected chi connectivity index (χ4v) is 6.11. The lowest BCUT2D eigenvalue weighted by atomic mass is 9.95. The van der Waals surface area contributed by atoms with Crippen LogP contribution in [0.15, 0.2) is 87.8 Å². The number of hydrogen-bond acceptors (Lipinski definition) is 8. The van der Waals surface area contributed by atoms with E-state index in [-0.39, 0.29) is 12.2 Å². The Morgan fingerprint density at radius 3 is 2.43 bits per heavy atom. The Balaban J connectivity index is 1.57. The second-order valence-electron chi connectivity index (χ2n) is 9.86. The van der Waals surface area contributed by atoms with Gasteiger partial charge in [-0.1, -0.05) is 53.3 Å². The highest BCUT2D eigenvalue weighted by Gasteiger charge is 2.34. The van der Waals surface area contributed by atoms with E-state index in [0.717, 1.165) is 11.1 Å². The molecule has 4 aromatic rings. The maximum atomic E-state index is 14.0. The maximum Gasteiger partial charge on any atom is 0.338 e. The summed E-state index contributed by atoms with van der Waals surface area (Å²) in [7, 11) is 0. The summed E-state index contributed by atoms with van der Waals surface area (Å²) >= 11 is 7.25. The van der Waals surface area contributed by atoms with Crippen molar-refractivity contribution in [2.24, 2.45) is 4.99 Å². The average molecular weight is 633 g/mol. The van der Waals surface area contributed by atoms with Gasteiger partial charge in [0.05, 0.1) is 41.7 Å². The molecule has 1 aromatic heterocycles. The minimum absolute atomic E-state index is 0.191. The van der Waals surface area contributed by atoms with Gasteiger partial charge in [-0.3, -0.25) is 9.36 Å². The SMILES string of the molecule is CCOC(=O)C1=C(C)N=c2s/c(=C\c3cccc(OCc4ccc(Cl)cc4)c3)c(=O)n2[C@H]1c1ccc(OCC)c(OCC)c1. The number of fused-ring (bicyclic) bond motifs is 1. The zero-order valence-electron chi connectivity index (χ0n) is 25.0. The molecular formula is C34H33ClN2O6S. The first-order valence-electron chi connectivity index (χ1n) is 14.4. The zero-order chi connectivity index (χ0) is 31.2. The van der Waals surface area contributed by atoms with E-state index < -0.39 is 12.0 Å². The number of carbonyl (C=O) groups excluding carboxylic acids is 1. The van der Waals surface area contributed by atoms with E-state index in [1.54, 1.807) is 24.5 Å². The lowest BCUT2D eigenvalue weighted by Crippen LogP contribution is -2.40. The van der Waals surface area contributed by atoms with Gasteiger partial charge in [-0.2, -0.15) is 0 Å². The first-order valence-corrected chi connectivity index (χ1v) is 15.6. The van der Waals surface area contributed by atoms with Crippen molar-refractivity contribution in [3.8, 4) is 17.2 Å². The molecule has 228 valence electrons. The van der Waals surface area contributed by atoms with Crippen LogP contribution in [0.4, 0.5) is 0 Å². The van der Waals surface area contributed by atoms with Crippen LogP contribution in [0.3, 0.4) is 0 Å². The van der Waals surface area contributed by atoms with Crippen LogP contribution < -0.4 is 29.1 Å². The lowest BCUT2D eigenvalue weighted by molar-refractivity contribution is -0.139. The molecule has 3 aromatic carbocycles. The number of ether oxygens (including phenoxy) is 4. The smallest absolute Gasteiger partial charge is 0.338 e. The number of halogens is 1. The maximum absolute atomic E-state index is 14.0. The zero-order valence-corrected chi connectivity index (χ0v) is 26.5. The molecule has 0 bridgehead atoms. The molecule has 0 saturated carbocycles. The van der Waals surface area contributed by atoms with Crippen molar-refractivity contribution in [1.29, 1.82) is 0 Å². The van der Waals surface area contributed by atoms with E-state index in [1.807, 2.05) is 80.6 Å². The Hall–Kier alpha value is -4.34. The molecule has 0 saturated heterocycles. The molecule has 0 N–H and O–H groups in total. The number of esters is 1. The topological polar surface area (TPSA) is 88.4 Å². The number of nitrogens with zero attached hydrogens (tertiary/aromatic N) is 2. The Bertz CT molecular complexity index is 1880. The lowest BCUT2D eigenvalue weighted by Gasteiger charge is -2.25. The number of thiazole rings is 1. The molecule has 0 radical (unpaired) electrons. The van der Waals surface area contributed by atoms with E-state index in [2.05, 4.69) is 4.99 Å². The number of carbonyl (C=O) groups is 1. The molecule has 2 heterocycles. The fraction of sp³-hybridized carbons (Fsp3) is 0.265. The average Bonchev–Trinajstić information content (AvgIpc) is 3.31. The predicted molar refractivity (Wildman–Crippen MR) is 171 cm³/mol. The molecule has 1 atom stereocenters. The molecule has 8 nitrogen and oxygen atoms in total. The van der Waals surface area contributed by atoms with Crippen molar-refractivity contribution in [3.05, 3.63) is 119 Å². The highest BCUT2D eigenvalue weighted by molar-refractivity contribution is 7.07. The van der Waals surface area contributed by atoms with Gasteiger partial charge in [0.15, 0.2) is 16.3 Å². The summed E-state index contributed by atoms with van der Waals surface area (Å²) in [5.74, 6) is 1.26. The van der Waals surface area contributed by atoms with Gasteiger partial charge in [0.25, 0.3) is 5.56 Å². The summed E-state index contributed by atoms with van der Waals surface area (Å²) < 4.78 is 25.1. The number of rotatable bonds is 11. The standard InChI is InChI=1S/C34H33ClN2O6S/c1-5-40-27-16-13-24(19-28(27)41-6-2)31-30(33(39)42-7-3)21(4)36-34-37(31)32(38)29(44-34)18-23-9-8-10-26(17-23)43-20-22-11-14-25(35)15-12-22/h8-19,31H,5-7,20H2,1-4H3/b29-18-/t31-/m0/s1.